The van der Waals surface area contributed by atoms with Gasteiger partial charge >= 0.3 is 6.03 Å². The predicted molar refractivity (Wildman–Crippen MR) is 114 cm³/mol. The number of hydrogen-bond acceptors (Lipinski definition) is 8. The molecule has 10 nitrogen and oxygen atoms in total. The van der Waals surface area contributed by atoms with E-state index in [4.69, 9.17) is 9.26 Å². The second-order valence-corrected chi connectivity index (χ2v) is 8.90. The second-order valence-electron chi connectivity index (χ2n) is 8.90. The third kappa shape index (κ3) is 2.78. The van der Waals surface area contributed by atoms with Gasteiger partial charge < -0.3 is 19.5 Å². The Hall–Kier alpha value is -3.60. The molecule has 11 heteroatoms. The van der Waals surface area contributed by atoms with E-state index in [-0.39, 0.29) is 30.8 Å². The average molecular weight is 452 g/mol. The number of carbonyl (C=O) groups is 2. The number of ether oxygens (including phenoxy) is 1. The summed E-state index contributed by atoms with van der Waals surface area (Å²) in [6.07, 6.45) is 2.80. The van der Waals surface area contributed by atoms with Crippen molar-refractivity contribution in [3.8, 4) is 11.5 Å². The van der Waals surface area contributed by atoms with Crippen LogP contribution in [-0.2, 0) is 16.0 Å². The highest BCUT2D eigenvalue weighted by Gasteiger charge is 2.58. The first-order valence-corrected chi connectivity index (χ1v) is 10.8. The van der Waals surface area contributed by atoms with Gasteiger partial charge in [-0.3, -0.25) is 10.1 Å². The molecule has 2 aromatic heterocycles. The normalized spacial score (nSPS) is 28.9. The van der Waals surface area contributed by atoms with Crippen molar-refractivity contribution in [1.29, 1.82) is 0 Å². The molecule has 3 aliphatic rings. The van der Waals surface area contributed by atoms with Gasteiger partial charge in [0.15, 0.2) is 17.3 Å². The number of benzene rings is 1. The molecule has 5 heterocycles. The standard InChI is InChI=1S/C22H21FN6O4/c1-10-8-29-16-12(7-22(18(29)11(2)32-10)9-26-21(31)27-20(22)30)6-13-15(19-24-4-3-5-25-19)28-33-17(13)14(16)23/h3-6,10-11,18H,7-9H2,1-2H3,(H2,26,27,30,31). The zero-order valence-electron chi connectivity index (χ0n) is 18.0. The van der Waals surface area contributed by atoms with Crippen LogP contribution < -0.4 is 15.5 Å². The van der Waals surface area contributed by atoms with Crippen LogP contribution in [0.25, 0.3) is 22.5 Å². The van der Waals surface area contributed by atoms with Crippen molar-refractivity contribution in [2.45, 2.75) is 38.5 Å². The first-order valence-electron chi connectivity index (χ1n) is 10.8. The number of nitrogens with zero attached hydrogens (tertiary/aromatic N) is 4. The number of halogens is 1. The van der Waals surface area contributed by atoms with Crippen LogP contribution in [0.15, 0.2) is 29.0 Å². The molecule has 4 atom stereocenters. The first-order chi connectivity index (χ1) is 15.9. The van der Waals surface area contributed by atoms with Crippen molar-refractivity contribution in [3.63, 3.8) is 0 Å². The molecule has 0 radical (unpaired) electrons. The maximum atomic E-state index is 16.0. The van der Waals surface area contributed by atoms with E-state index in [1.807, 2.05) is 18.7 Å². The summed E-state index contributed by atoms with van der Waals surface area (Å²) >= 11 is 0. The van der Waals surface area contributed by atoms with Gasteiger partial charge in [-0.25, -0.2) is 19.2 Å². The molecule has 170 valence electrons. The Bertz CT molecular complexity index is 1300. The number of aromatic nitrogens is 3. The number of morpholine rings is 1. The van der Waals surface area contributed by atoms with E-state index in [1.165, 1.54) is 0 Å². The summed E-state index contributed by atoms with van der Waals surface area (Å²) < 4.78 is 27.5. The van der Waals surface area contributed by atoms with E-state index in [2.05, 4.69) is 25.8 Å². The first kappa shape index (κ1) is 20.0. The third-order valence-electron chi connectivity index (χ3n) is 6.82. The Morgan fingerprint density at radius 2 is 2.03 bits per heavy atom. The number of nitrogens with one attached hydrogen (secondary N) is 2. The van der Waals surface area contributed by atoms with Crippen LogP contribution in [0, 0.1) is 11.2 Å². The summed E-state index contributed by atoms with van der Waals surface area (Å²) in [6, 6.07) is 2.45. The van der Waals surface area contributed by atoms with Gasteiger partial charge in [0.2, 0.25) is 11.5 Å². The molecule has 3 amide bonds. The van der Waals surface area contributed by atoms with Crippen LogP contribution in [0.2, 0.25) is 0 Å². The van der Waals surface area contributed by atoms with E-state index < -0.39 is 29.2 Å². The molecule has 0 bridgehead atoms. The van der Waals surface area contributed by atoms with Gasteiger partial charge in [-0.2, -0.15) is 0 Å². The van der Waals surface area contributed by atoms with Crippen LogP contribution in [-0.4, -0.2) is 58.4 Å². The number of imide groups is 1. The Morgan fingerprint density at radius 3 is 2.79 bits per heavy atom. The molecule has 6 rings (SSSR count). The molecule has 3 aliphatic heterocycles. The van der Waals surface area contributed by atoms with Crippen LogP contribution >= 0.6 is 0 Å². The summed E-state index contributed by atoms with van der Waals surface area (Å²) in [5, 5.41) is 9.63. The number of carbonyl (C=O) groups excluding carboxylic acids is 2. The number of anilines is 1. The largest absolute Gasteiger partial charge is 0.372 e. The lowest BCUT2D eigenvalue weighted by Crippen LogP contribution is -2.73. The van der Waals surface area contributed by atoms with Gasteiger partial charge in [0.25, 0.3) is 0 Å². The Balaban J connectivity index is 1.58. The van der Waals surface area contributed by atoms with Crippen molar-refractivity contribution in [3.05, 3.63) is 35.9 Å². The van der Waals surface area contributed by atoms with E-state index in [0.717, 1.165) is 0 Å². The average Bonchev–Trinajstić information content (AvgIpc) is 3.21. The minimum Gasteiger partial charge on any atom is -0.372 e. The van der Waals surface area contributed by atoms with Gasteiger partial charge in [0.05, 0.1) is 34.7 Å². The van der Waals surface area contributed by atoms with Gasteiger partial charge in [0.1, 0.15) is 0 Å². The number of amides is 3. The molecule has 2 N–H and O–H groups in total. The zero-order chi connectivity index (χ0) is 22.9. The van der Waals surface area contributed by atoms with Gasteiger partial charge in [-0.15, -0.1) is 0 Å². The molecule has 4 unspecified atom stereocenters. The molecular formula is C22H21FN6O4. The highest BCUT2D eigenvalue weighted by molar-refractivity contribution is 6.02. The van der Waals surface area contributed by atoms with E-state index in [9.17, 15) is 9.59 Å². The van der Waals surface area contributed by atoms with Crippen LogP contribution in [0.4, 0.5) is 14.9 Å². The molecule has 2 fully saturated rings. The van der Waals surface area contributed by atoms with E-state index >= 15 is 4.39 Å². The third-order valence-corrected chi connectivity index (χ3v) is 6.82. The minimum absolute atomic E-state index is 0.0131. The fourth-order valence-electron chi connectivity index (χ4n) is 5.63. The lowest BCUT2D eigenvalue weighted by Gasteiger charge is -2.56. The molecule has 0 aliphatic carbocycles. The van der Waals surface area contributed by atoms with Gasteiger partial charge in [0, 0.05) is 25.5 Å². The molecule has 2 saturated heterocycles. The molecular weight excluding hydrogens is 431 g/mol. The highest BCUT2D eigenvalue weighted by Crippen LogP contribution is 2.49. The van der Waals surface area contributed by atoms with Gasteiger partial charge in [-0.05, 0) is 38.0 Å². The van der Waals surface area contributed by atoms with Crippen molar-refractivity contribution in [2.24, 2.45) is 5.41 Å². The van der Waals surface area contributed by atoms with Crippen molar-refractivity contribution in [1.82, 2.24) is 25.8 Å². The lowest BCUT2D eigenvalue weighted by molar-refractivity contribution is -0.139. The summed E-state index contributed by atoms with van der Waals surface area (Å²) in [4.78, 5) is 35.4. The summed E-state index contributed by atoms with van der Waals surface area (Å²) in [6.45, 7) is 4.29. The Labute approximate surface area is 187 Å². The summed E-state index contributed by atoms with van der Waals surface area (Å²) in [7, 11) is 0. The second kappa shape index (κ2) is 6.95. The topological polar surface area (TPSA) is 122 Å². The number of urea groups is 1. The molecule has 3 aromatic rings. The fraction of sp³-hybridized carbons (Fsp3) is 0.409. The maximum absolute atomic E-state index is 16.0. The van der Waals surface area contributed by atoms with Crippen molar-refractivity contribution in [2.75, 3.05) is 18.0 Å². The molecule has 33 heavy (non-hydrogen) atoms. The lowest BCUT2D eigenvalue weighted by atomic mass is 9.67. The number of rotatable bonds is 1. The number of fused-ring (bicyclic) bond motifs is 5. The molecule has 1 spiro atoms. The predicted octanol–water partition coefficient (Wildman–Crippen LogP) is 1.79. The Kier molecular flexibility index (Phi) is 4.22. The molecule has 1 aromatic carbocycles. The van der Waals surface area contributed by atoms with Crippen LogP contribution in [0.1, 0.15) is 19.4 Å². The van der Waals surface area contributed by atoms with Crippen LogP contribution in [0.3, 0.4) is 0 Å². The van der Waals surface area contributed by atoms with Crippen molar-refractivity contribution < 1.29 is 23.2 Å². The summed E-state index contributed by atoms with van der Waals surface area (Å²) in [5.41, 5.74) is 0.319. The fourth-order valence-corrected chi connectivity index (χ4v) is 5.63. The minimum atomic E-state index is -1.03. The summed E-state index contributed by atoms with van der Waals surface area (Å²) in [5.74, 6) is -0.622. The number of hydrogen-bond donors (Lipinski definition) is 2. The van der Waals surface area contributed by atoms with Crippen molar-refractivity contribution >= 4 is 28.6 Å². The smallest absolute Gasteiger partial charge is 0.321 e. The Morgan fingerprint density at radius 1 is 1.24 bits per heavy atom. The zero-order valence-corrected chi connectivity index (χ0v) is 18.0. The van der Waals surface area contributed by atoms with Crippen LogP contribution in [0.5, 0.6) is 0 Å². The van der Waals surface area contributed by atoms with E-state index in [0.29, 0.717) is 34.7 Å². The molecule has 0 saturated carbocycles. The van der Waals surface area contributed by atoms with E-state index in [1.54, 1.807) is 24.5 Å². The quantitative estimate of drug-likeness (QED) is 0.573. The SMILES string of the molecule is CC1CN2c3c(cc4c(-c5ncccn5)noc4c3F)CC3(CNC(=O)NC3=O)C2C(C)O1. The highest BCUT2D eigenvalue weighted by atomic mass is 19.1. The monoisotopic (exact) mass is 452 g/mol. The maximum Gasteiger partial charge on any atom is 0.321 e. The van der Waals surface area contributed by atoms with Gasteiger partial charge in [-0.1, -0.05) is 5.16 Å².